The molecular formula is C13H10BrF4NO2S. The average molecular weight is 400 g/mol. The van der Waals surface area contributed by atoms with E-state index in [1.54, 1.807) is 0 Å². The molecule has 0 saturated heterocycles. The predicted octanol–water partition coefficient (Wildman–Crippen LogP) is 5.20. The highest BCUT2D eigenvalue weighted by Crippen LogP contribution is 2.34. The topological polar surface area (TPSA) is 31.4 Å². The Hall–Kier alpha value is -1.19. The Kier molecular flexibility index (Phi) is 5.76. The van der Waals surface area contributed by atoms with Gasteiger partial charge in [-0.05, 0) is 40.2 Å². The molecule has 0 fully saturated rings. The minimum atomic E-state index is -4.39. The van der Waals surface area contributed by atoms with Crippen molar-refractivity contribution in [1.29, 1.82) is 0 Å². The van der Waals surface area contributed by atoms with E-state index in [-0.39, 0.29) is 24.2 Å². The van der Waals surface area contributed by atoms with Gasteiger partial charge in [0, 0.05) is 0 Å². The fraction of sp³-hybridized carbons (Fsp3) is 0.308. The largest absolute Gasteiger partial charge is 0.431 e. The first kappa shape index (κ1) is 17.2. The minimum absolute atomic E-state index is 0.0144. The Balaban J connectivity index is 2.03. The Morgan fingerprint density at radius 2 is 1.86 bits per heavy atom. The first-order valence-corrected chi connectivity index (χ1v) is 7.65. The smallest absolute Gasteiger partial charge is 0.416 e. The molecule has 0 saturated carbocycles. The number of alkyl halides is 4. The summed E-state index contributed by atoms with van der Waals surface area (Å²) in [5, 5.41) is 0.255. The van der Waals surface area contributed by atoms with Crippen LogP contribution in [0.5, 0.6) is 10.9 Å². The molecule has 2 rings (SSSR count). The van der Waals surface area contributed by atoms with Crippen LogP contribution in [0, 0.1) is 0 Å². The van der Waals surface area contributed by atoms with E-state index in [2.05, 4.69) is 20.9 Å². The van der Waals surface area contributed by atoms with E-state index < -0.39 is 18.4 Å². The molecule has 0 amide bonds. The van der Waals surface area contributed by atoms with Crippen LogP contribution < -0.4 is 4.74 Å². The van der Waals surface area contributed by atoms with Crippen molar-refractivity contribution in [3.8, 4) is 10.9 Å². The van der Waals surface area contributed by atoms with Crippen LogP contribution in [-0.2, 0) is 17.5 Å². The van der Waals surface area contributed by atoms with E-state index >= 15 is 0 Å². The zero-order valence-corrected chi connectivity index (χ0v) is 13.4. The number of benzene rings is 1. The van der Waals surface area contributed by atoms with Gasteiger partial charge in [-0.1, -0.05) is 11.3 Å². The SMILES string of the molecule is FCCOCc1sc(Oc2ccc(C(F)(F)F)cc2)nc1Br. The summed E-state index contributed by atoms with van der Waals surface area (Å²) in [6.07, 6.45) is -4.39. The van der Waals surface area contributed by atoms with E-state index in [4.69, 9.17) is 9.47 Å². The van der Waals surface area contributed by atoms with Gasteiger partial charge < -0.3 is 9.47 Å². The van der Waals surface area contributed by atoms with Gasteiger partial charge in [-0.15, -0.1) is 0 Å². The number of rotatable bonds is 6. The Labute approximate surface area is 136 Å². The number of halogens is 5. The van der Waals surface area contributed by atoms with Crippen LogP contribution in [0.3, 0.4) is 0 Å². The lowest BCUT2D eigenvalue weighted by atomic mass is 10.2. The lowest BCUT2D eigenvalue weighted by Crippen LogP contribution is -2.03. The van der Waals surface area contributed by atoms with Crippen LogP contribution in [0.4, 0.5) is 17.6 Å². The first-order chi connectivity index (χ1) is 10.4. The van der Waals surface area contributed by atoms with Gasteiger partial charge in [0.1, 0.15) is 17.0 Å². The van der Waals surface area contributed by atoms with Crippen molar-refractivity contribution in [3.63, 3.8) is 0 Å². The molecule has 1 aromatic carbocycles. The molecule has 9 heteroatoms. The van der Waals surface area contributed by atoms with Crippen LogP contribution in [0.25, 0.3) is 0 Å². The molecule has 120 valence electrons. The number of hydrogen-bond donors (Lipinski definition) is 0. The Bertz CT molecular complexity index is 615. The van der Waals surface area contributed by atoms with E-state index in [9.17, 15) is 17.6 Å². The van der Waals surface area contributed by atoms with Crippen LogP contribution >= 0.6 is 27.3 Å². The maximum absolute atomic E-state index is 12.5. The van der Waals surface area contributed by atoms with E-state index in [1.165, 1.54) is 12.1 Å². The molecule has 0 aliphatic carbocycles. The van der Waals surface area contributed by atoms with Gasteiger partial charge in [0.05, 0.1) is 23.7 Å². The van der Waals surface area contributed by atoms with Crippen molar-refractivity contribution in [2.45, 2.75) is 12.8 Å². The lowest BCUT2D eigenvalue weighted by Gasteiger charge is -2.07. The van der Waals surface area contributed by atoms with Gasteiger partial charge in [-0.25, -0.2) is 4.39 Å². The fourth-order valence-electron chi connectivity index (χ4n) is 1.48. The van der Waals surface area contributed by atoms with Gasteiger partial charge in [-0.2, -0.15) is 18.2 Å². The molecule has 0 aliphatic heterocycles. The van der Waals surface area contributed by atoms with Gasteiger partial charge in [0.15, 0.2) is 0 Å². The van der Waals surface area contributed by atoms with Crippen molar-refractivity contribution >= 4 is 27.3 Å². The standard InChI is InChI=1S/C13H10BrF4NO2S/c14-11-10(7-20-6-5-15)22-12(19-11)21-9-3-1-8(2-4-9)13(16,17)18/h1-4H,5-7H2. The molecule has 0 N–H and O–H groups in total. The maximum Gasteiger partial charge on any atom is 0.416 e. The number of ether oxygens (including phenoxy) is 2. The van der Waals surface area contributed by atoms with Crippen molar-refractivity contribution in [2.24, 2.45) is 0 Å². The summed E-state index contributed by atoms with van der Waals surface area (Å²) in [5.74, 6) is 0.241. The fourth-order valence-corrected chi connectivity index (χ4v) is 2.87. The molecule has 1 aromatic heterocycles. The predicted molar refractivity (Wildman–Crippen MR) is 77.0 cm³/mol. The third-order valence-electron chi connectivity index (χ3n) is 2.47. The summed E-state index contributed by atoms with van der Waals surface area (Å²) >= 11 is 4.38. The molecule has 0 bridgehead atoms. The van der Waals surface area contributed by atoms with E-state index in [1.807, 2.05) is 0 Å². The molecule has 0 aliphatic rings. The molecule has 0 radical (unpaired) electrons. The highest BCUT2D eigenvalue weighted by atomic mass is 79.9. The van der Waals surface area contributed by atoms with Gasteiger partial charge >= 0.3 is 6.18 Å². The summed E-state index contributed by atoms with van der Waals surface area (Å²) in [6, 6.07) is 4.31. The molecule has 0 spiro atoms. The van der Waals surface area contributed by atoms with Crippen molar-refractivity contribution in [3.05, 3.63) is 39.3 Å². The zero-order chi connectivity index (χ0) is 16.2. The third-order valence-corrected chi connectivity index (χ3v) is 4.30. The molecule has 3 nitrogen and oxygen atoms in total. The summed E-state index contributed by atoms with van der Waals surface area (Å²) < 4.78 is 60.3. The summed E-state index contributed by atoms with van der Waals surface area (Å²) in [5.41, 5.74) is -0.750. The van der Waals surface area contributed by atoms with Crippen LogP contribution in [0.2, 0.25) is 0 Å². The first-order valence-electron chi connectivity index (χ1n) is 6.04. The second kappa shape index (κ2) is 7.38. The monoisotopic (exact) mass is 399 g/mol. The molecule has 0 unspecified atom stereocenters. The van der Waals surface area contributed by atoms with Crippen molar-refractivity contribution in [1.82, 2.24) is 4.98 Å². The molecular weight excluding hydrogens is 390 g/mol. The van der Waals surface area contributed by atoms with Gasteiger partial charge in [0.2, 0.25) is 0 Å². The highest BCUT2D eigenvalue weighted by molar-refractivity contribution is 9.10. The quantitative estimate of drug-likeness (QED) is 0.493. The van der Waals surface area contributed by atoms with Gasteiger partial charge in [-0.3, -0.25) is 0 Å². The number of nitrogens with zero attached hydrogens (tertiary/aromatic N) is 1. The Morgan fingerprint density at radius 3 is 2.45 bits per heavy atom. The summed E-state index contributed by atoms with van der Waals surface area (Å²) in [6.45, 7) is -0.413. The second-order valence-electron chi connectivity index (χ2n) is 4.06. The Morgan fingerprint density at radius 1 is 1.18 bits per heavy atom. The van der Waals surface area contributed by atoms with Crippen LogP contribution in [-0.4, -0.2) is 18.3 Å². The zero-order valence-electron chi connectivity index (χ0n) is 11.0. The number of thiazole rings is 1. The summed E-state index contributed by atoms with van der Waals surface area (Å²) in [4.78, 5) is 4.78. The van der Waals surface area contributed by atoms with Crippen molar-refractivity contribution in [2.75, 3.05) is 13.3 Å². The number of hydrogen-bond acceptors (Lipinski definition) is 4. The highest BCUT2D eigenvalue weighted by Gasteiger charge is 2.30. The van der Waals surface area contributed by atoms with E-state index in [0.29, 0.717) is 9.48 Å². The van der Waals surface area contributed by atoms with Crippen LogP contribution in [0.1, 0.15) is 10.4 Å². The second-order valence-corrected chi connectivity index (χ2v) is 5.86. The third kappa shape index (κ3) is 4.65. The summed E-state index contributed by atoms with van der Waals surface area (Å²) in [7, 11) is 0. The molecule has 1 heterocycles. The molecule has 2 aromatic rings. The van der Waals surface area contributed by atoms with E-state index in [0.717, 1.165) is 23.5 Å². The van der Waals surface area contributed by atoms with Gasteiger partial charge in [0.25, 0.3) is 5.19 Å². The molecule has 0 atom stereocenters. The normalized spacial score (nSPS) is 11.7. The van der Waals surface area contributed by atoms with Crippen molar-refractivity contribution < 1.29 is 27.0 Å². The minimum Gasteiger partial charge on any atom is -0.431 e. The lowest BCUT2D eigenvalue weighted by molar-refractivity contribution is -0.137. The molecule has 22 heavy (non-hydrogen) atoms. The van der Waals surface area contributed by atoms with Crippen LogP contribution in [0.15, 0.2) is 28.9 Å². The average Bonchev–Trinajstić information content (AvgIpc) is 2.79. The maximum atomic E-state index is 12.5. The number of aromatic nitrogens is 1.